The van der Waals surface area contributed by atoms with Crippen LogP contribution in [0.4, 0.5) is 0 Å². The van der Waals surface area contributed by atoms with Gasteiger partial charge in [-0.3, -0.25) is 0 Å². The van der Waals surface area contributed by atoms with Gasteiger partial charge in [0.25, 0.3) is 0 Å². The van der Waals surface area contributed by atoms with Gasteiger partial charge < -0.3 is 0 Å². The lowest BCUT2D eigenvalue weighted by Gasteiger charge is -2.16. The molecule has 3 nitrogen and oxygen atoms in total. The lowest BCUT2D eigenvalue weighted by atomic mass is 9.91. The van der Waals surface area contributed by atoms with Gasteiger partial charge in [-0.1, -0.05) is 170 Å². The maximum absolute atomic E-state index is 5.51. The average Bonchev–Trinajstić information content (AvgIpc) is 3.90. The van der Waals surface area contributed by atoms with E-state index in [4.69, 9.17) is 15.0 Å². The molecule has 12 rings (SSSR count). The molecule has 5 heteroatoms. The third-order valence-corrected chi connectivity index (χ3v) is 14.0. The van der Waals surface area contributed by atoms with Gasteiger partial charge in [-0.15, -0.1) is 22.7 Å². The summed E-state index contributed by atoms with van der Waals surface area (Å²) in [5, 5.41) is 7.11. The molecule has 0 fully saturated rings. The van der Waals surface area contributed by atoms with Gasteiger partial charge in [-0.05, 0) is 74.5 Å². The van der Waals surface area contributed by atoms with Crippen LogP contribution in [0.3, 0.4) is 0 Å². The number of hydrogen-bond donors (Lipinski definition) is 0. The SMILES string of the molecule is c1ccc(-c2ccc(-c3ccc4cc(-c5ccccc5)ccc4c3-c3nc(-c4cccc5c4sc4ccccc45)nc(-c4cccc5c4sc4ccccc45)n3)cc2)cc1. The highest BCUT2D eigenvalue weighted by Gasteiger charge is 2.22. The van der Waals surface area contributed by atoms with Gasteiger partial charge in [0, 0.05) is 57.0 Å². The number of nitrogens with zero attached hydrogens (tertiary/aromatic N) is 3. The monoisotopic (exact) mass is 799 g/mol. The normalized spacial score (nSPS) is 11.7. The van der Waals surface area contributed by atoms with Crippen molar-refractivity contribution in [3.05, 3.63) is 200 Å². The third-order valence-electron chi connectivity index (χ3n) is 11.6. The Hall–Kier alpha value is -7.31. The van der Waals surface area contributed by atoms with E-state index in [0.717, 1.165) is 38.6 Å². The van der Waals surface area contributed by atoms with Crippen LogP contribution < -0.4 is 0 Å². The molecule has 0 aliphatic heterocycles. The Labute approximate surface area is 354 Å². The van der Waals surface area contributed by atoms with Crippen molar-refractivity contribution >= 4 is 73.8 Å². The Morgan fingerprint density at radius 3 is 1.35 bits per heavy atom. The van der Waals surface area contributed by atoms with Crippen LogP contribution in [0.2, 0.25) is 0 Å². The van der Waals surface area contributed by atoms with Crippen molar-refractivity contribution in [1.29, 1.82) is 0 Å². The van der Waals surface area contributed by atoms with Crippen LogP contribution in [-0.4, -0.2) is 15.0 Å². The number of rotatable bonds is 6. The molecule has 12 aromatic rings. The fourth-order valence-corrected chi connectivity index (χ4v) is 11.1. The van der Waals surface area contributed by atoms with Crippen molar-refractivity contribution in [1.82, 2.24) is 15.0 Å². The van der Waals surface area contributed by atoms with Crippen molar-refractivity contribution in [2.75, 3.05) is 0 Å². The van der Waals surface area contributed by atoms with Crippen molar-refractivity contribution in [3.8, 4) is 67.5 Å². The molecule has 0 N–H and O–H groups in total. The van der Waals surface area contributed by atoms with E-state index in [1.807, 2.05) is 0 Å². The quantitative estimate of drug-likeness (QED) is 0.168. The van der Waals surface area contributed by atoms with Crippen LogP contribution in [0.25, 0.3) is 119 Å². The van der Waals surface area contributed by atoms with E-state index in [9.17, 15) is 0 Å². The van der Waals surface area contributed by atoms with E-state index >= 15 is 0 Å². The summed E-state index contributed by atoms with van der Waals surface area (Å²) in [6.45, 7) is 0. The van der Waals surface area contributed by atoms with E-state index < -0.39 is 0 Å². The van der Waals surface area contributed by atoms with Gasteiger partial charge in [-0.25, -0.2) is 15.0 Å². The lowest BCUT2D eigenvalue weighted by Crippen LogP contribution is -2.02. The van der Waals surface area contributed by atoms with Gasteiger partial charge in [0.05, 0.1) is 0 Å². The van der Waals surface area contributed by atoms with E-state index in [2.05, 4.69) is 200 Å². The fourth-order valence-electron chi connectivity index (χ4n) is 8.67. The second-order valence-corrected chi connectivity index (χ2v) is 17.2. The molecule has 0 radical (unpaired) electrons. The molecule has 0 aliphatic rings. The summed E-state index contributed by atoms with van der Waals surface area (Å²) in [7, 11) is 0. The fraction of sp³-hybridized carbons (Fsp3) is 0. The molecule has 0 spiro atoms. The summed E-state index contributed by atoms with van der Waals surface area (Å²) in [4.78, 5) is 16.4. The second-order valence-electron chi connectivity index (χ2n) is 15.1. The molecule has 9 aromatic carbocycles. The van der Waals surface area contributed by atoms with Gasteiger partial charge in [-0.2, -0.15) is 0 Å². The molecule has 0 aliphatic carbocycles. The van der Waals surface area contributed by atoms with Gasteiger partial charge in [0.1, 0.15) is 0 Å². The Kier molecular flexibility index (Phi) is 8.22. The zero-order chi connectivity index (χ0) is 39.6. The first-order valence-electron chi connectivity index (χ1n) is 20.1. The molecule has 0 amide bonds. The standard InChI is InChI=1S/C55H33N3S2/c1-3-13-34(14-4-1)36-25-27-37(28-26-36)40-32-30-39-33-38(35-15-5-2-6-16-35)29-31-41(39)50(40)55-57-53(46-21-11-19-44-42-17-7-9-23-48(42)59-51(44)46)56-54(58-55)47-22-12-20-45-43-18-8-10-24-49(43)60-52(45)47/h1-33H. The Bertz CT molecular complexity index is 3460. The van der Waals surface area contributed by atoms with Crippen molar-refractivity contribution < 1.29 is 0 Å². The Morgan fingerprint density at radius 1 is 0.283 bits per heavy atom. The van der Waals surface area contributed by atoms with Crippen LogP contribution >= 0.6 is 22.7 Å². The topological polar surface area (TPSA) is 38.7 Å². The molecule has 0 unspecified atom stereocenters. The maximum Gasteiger partial charge on any atom is 0.165 e. The van der Waals surface area contributed by atoms with Crippen LogP contribution in [0.1, 0.15) is 0 Å². The predicted octanol–water partition coefficient (Wildman–Crippen LogP) is 15.8. The molecule has 60 heavy (non-hydrogen) atoms. The van der Waals surface area contributed by atoms with E-state index in [0.29, 0.717) is 17.5 Å². The first kappa shape index (κ1) is 34.7. The zero-order valence-electron chi connectivity index (χ0n) is 32.2. The Balaban J connectivity index is 1.15. The summed E-state index contributed by atoms with van der Waals surface area (Å²) < 4.78 is 4.83. The summed E-state index contributed by atoms with van der Waals surface area (Å²) in [5.74, 6) is 1.97. The molecular formula is C55H33N3S2. The van der Waals surface area contributed by atoms with Gasteiger partial charge in [0.15, 0.2) is 17.5 Å². The maximum atomic E-state index is 5.51. The lowest BCUT2D eigenvalue weighted by molar-refractivity contribution is 1.08. The second kappa shape index (κ2) is 14.2. The van der Waals surface area contributed by atoms with E-state index in [1.54, 1.807) is 22.7 Å². The molecule has 0 saturated carbocycles. The average molecular weight is 800 g/mol. The zero-order valence-corrected chi connectivity index (χ0v) is 33.8. The summed E-state index contributed by atoms with van der Waals surface area (Å²) in [5.41, 5.74) is 9.86. The third kappa shape index (κ3) is 5.82. The summed E-state index contributed by atoms with van der Waals surface area (Å²) in [6.07, 6.45) is 0. The predicted molar refractivity (Wildman–Crippen MR) is 256 cm³/mol. The summed E-state index contributed by atoms with van der Waals surface area (Å²) in [6, 6.07) is 71.5. The minimum atomic E-state index is 0.645. The first-order chi connectivity index (χ1) is 29.7. The highest BCUT2D eigenvalue weighted by Crippen LogP contribution is 2.44. The van der Waals surface area contributed by atoms with E-state index in [1.165, 1.54) is 62.6 Å². The van der Waals surface area contributed by atoms with Crippen LogP contribution in [0.15, 0.2) is 200 Å². The molecule has 280 valence electrons. The van der Waals surface area contributed by atoms with Crippen molar-refractivity contribution in [3.63, 3.8) is 0 Å². The van der Waals surface area contributed by atoms with Crippen LogP contribution in [0, 0.1) is 0 Å². The summed E-state index contributed by atoms with van der Waals surface area (Å²) >= 11 is 3.59. The highest BCUT2D eigenvalue weighted by atomic mass is 32.1. The molecule has 3 aromatic heterocycles. The minimum absolute atomic E-state index is 0.645. The smallest absolute Gasteiger partial charge is 0.165 e. The van der Waals surface area contributed by atoms with Gasteiger partial charge >= 0.3 is 0 Å². The van der Waals surface area contributed by atoms with Gasteiger partial charge in [0.2, 0.25) is 0 Å². The number of thiophene rings is 2. The minimum Gasteiger partial charge on any atom is -0.208 e. The first-order valence-corrected chi connectivity index (χ1v) is 21.7. The largest absolute Gasteiger partial charge is 0.208 e. The Morgan fingerprint density at radius 2 is 0.750 bits per heavy atom. The molecule has 3 heterocycles. The highest BCUT2D eigenvalue weighted by molar-refractivity contribution is 7.26. The van der Waals surface area contributed by atoms with E-state index in [-0.39, 0.29) is 0 Å². The van der Waals surface area contributed by atoms with Crippen molar-refractivity contribution in [2.24, 2.45) is 0 Å². The molecule has 0 bridgehead atoms. The molecule has 0 atom stereocenters. The molecular weight excluding hydrogens is 767 g/mol. The number of aromatic nitrogens is 3. The van der Waals surface area contributed by atoms with Crippen LogP contribution in [-0.2, 0) is 0 Å². The van der Waals surface area contributed by atoms with Crippen LogP contribution in [0.5, 0.6) is 0 Å². The number of fused-ring (bicyclic) bond motifs is 7. The number of benzene rings is 9. The van der Waals surface area contributed by atoms with Crippen molar-refractivity contribution in [2.45, 2.75) is 0 Å². The molecule has 0 saturated heterocycles. The number of hydrogen-bond acceptors (Lipinski definition) is 5.